The molecule has 5 rings (SSSR count). The maximum Gasteiger partial charge on any atom is 0.165 e. The number of hydrogen-bond donors (Lipinski definition) is 1. The van der Waals surface area contributed by atoms with E-state index in [4.69, 9.17) is 20.8 Å². The van der Waals surface area contributed by atoms with Crippen LogP contribution in [-0.4, -0.2) is 19.7 Å². The molecule has 0 amide bonds. The average Bonchev–Trinajstić information content (AvgIpc) is 3.06. The predicted molar refractivity (Wildman–Crippen MR) is 109 cm³/mol. The highest BCUT2D eigenvalue weighted by Crippen LogP contribution is 2.32. The lowest BCUT2D eigenvalue weighted by Gasteiger charge is -2.08. The molecule has 3 heterocycles. The second-order valence-electron chi connectivity index (χ2n) is 6.51. The van der Waals surface area contributed by atoms with E-state index >= 15 is 0 Å². The third kappa shape index (κ3) is 2.44. The Labute approximate surface area is 156 Å². The fourth-order valence-electron chi connectivity index (χ4n) is 3.48. The summed E-state index contributed by atoms with van der Waals surface area (Å²) in [5, 5.41) is 6.58. The number of anilines is 1. The number of nitrogens with two attached hydrogens (primary N) is 1. The second-order valence-corrected chi connectivity index (χ2v) is 6.51. The highest BCUT2D eigenvalue weighted by atomic mass is 15.3. The summed E-state index contributed by atoms with van der Waals surface area (Å²) >= 11 is 0. The van der Waals surface area contributed by atoms with Crippen molar-refractivity contribution in [3.05, 3.63) is 78.6 Å². The van der Waals surface area contributed by atoms with Gasteiger partial charge in [0.2, 0.25) is 0 Å². The van der Waals surface area contributed by atoms with Gasteiger partial charge in [-0.25, -0.2) is 14.6 Å². The Morgan fingerprint density at radius 3 is 2.37 bits per heavy atom. The van der Waals surface area contributed by atoms with Gasteiger partial charge >= 0.3 is 0 Å². The summed E-state index contributed by atoms with van der Waals surface area (Å²) in [6.07, 6.45) is 1.84. The standard InChI is InChI=1S/C22H17N5/c1-14-19-20-16(12-18(21(23)25-20)15-8-4-2-5-9-15)13-24-22(19)27(26-14)17-10-6-3-7-11-17/h2-13H,1H3,(H2,23,25). The largest absolute Gasteiger partial charge is 0.383 e. The van der Waals surface area contributed by atoms with Crippen molar-refractivity contribution in [2.75, 3.05) is 5.73 Å². The van der Waals surface area contributed by atoms with Crippen molar-refractivity contribution in [3.63, 3.8) is 0 Å². The molecule has 130 valence electrons. The molecule has 5 nitrogen and oxygen atoms in total. The van der Waals surface area contributed by atoms with Gasteiger partial charge in [-0.2, -0.15) is 5.10 Å². The van der Waals surface area contributed by atoms with E-state index in [-0.39, 0.29) is 0 Å². The number of aryl methyl sites for hydroxylation is 1. The van der Waals surface area contributed by atoms with E-state index in [1.165, 1.54) is 0 Å². The van der Waals surface area contributed by atoms with Gasteiger partial charge in [-0.3, -0.25) is 0 Å². The van der Waals surface area contributed by atoms with Gasteiger partial charge < -0.3 is 5.73 Å². The summed E-state index contributed by atoms with van der Waals surface area (Å²) in [7, 11) is 0. The van der Waals surface area contributed by atoms with Crippen molar-refractivity contribution in [1.82, 2.24) is 19.7 Å². The van der Waals surface area contributed by atoms with Crippen LogP contribution in [0.2, 0.25) is 0 Å². The summed E-state index contributed by atoms with van der Waals surface area (Å²) < 4.78 is 1.85. The van der Waals surface area contributed by atoms with Gasteiger partial charge in [-0.05, 0) is 30.7 Å². The van der Waals surface area contributed by atoms with Crippen molar-refractivity contribution in [2.45, 2.75) is 6.92 Å². The summed E-state index contributed by atoms with van der Waals surface area (Å²) in [6, 6.07) is 22.1. The van der Waals surface area contributed by atoms with Crippen molar-refractivity contribution in [3.8, 4) is 16.8 Å². The van der Waals surface area contributed by atoms with E-state index in [9.17, 15) is 0 Å². The first kappa shape index (κ1) is 15.5. The van der Waals surface area contributed by atoms with Crippen LogP contribution < -0.4 is 5.73 Å². The first-order valence-electron chi connectivity index (χ1n) is 8.78. The predicted octanol–water partition coefficient (Wildman–Crippen LogP) is 4.53. The fraction of sp³-hybridized carbons (Fsp3) is 0.0455. The first-order valence-corrected chi connectivity index (χ1v) is 8.78. The molecule has 5 aromatic rings. The van der Waals surface area contributed by atoms with E-state index < -0.39 is 0 Å². The zero-order valence-corrected chi connectivity index (χ0v) is 14.8. The number of para-hydroxylation sites is 1. The molecule has 0 fully saturated rings. The molecule has 0 atom stereocenters. The average molecular weight is 351 g/mol. The van der Waals surface area contributed by atoms with E-state index in [0.717, 1.165) is 44.4 Å². The minimum atomic E-state index is 0.507. The Morgan fingerprint density at radius 1 is 0.926 bits per heavy atom. The molecule has 3 aromatic heterocycles. The molecule has 0 saturated carbocycles. The maximum atomic E-state index is 6.32. The lowest BCUT2D eigenvalue weighted by atomic mass is 10.0. The number of nitrogens with zero attached hydrogens (tertiary/aromatic N) is 4. The monoisotopic (exact) mass is 351 g/mol. The highest BCUT2D eigenvalue weighted by molar-refractivity contribution is 6.05. The van der Waals surface area contributed by atoms with Gasteiger partial charge in [0.25, 0.3) is 0 Å². The smallest absolute Gasteiger partial charge is 0.165 e. The third-order valence-electron chi connectivity index (χ3n) is 4.77. The number of aromatic nitrogens is 4. The van der Waals surface area contributed by atoms with E-state index in [0.29, 0.717) is 5.82 Å². The lowest BCUT2D eigenvalue weighted by molar-refractivity contribution is 0.878. The van der Waals surface area contributed by atoms with Gasteiger partial charge in [0.05, 0.1) is 22.3 Å². The van der Waals surface area contributed by atoms with Crippen LogP contribution in [0.1, 0.15) is 5.69 Å². The van der Waals surface area contributed by atoms with Crippen molar-refractivity contribution in [2.24, 2.45) is 0 Å². The Bertz CT molecular complexity index is 1270. The van der Waals surface area contributed by atoms with Crippen LogP contribution in [0, 0.1) is 6.92 Å². The van der Waals surface area contributed by atoms with Gasteiger partial charge in [-0.15, -0.1) is 0 Å². The van der Waals surface area contributed by atoms with Crippen LogP contribution in [0.3, 0.4) is 0 Å². The zero-order chi connectivity index (χ0) is 18.4. The Balaban J connectivity index is 1.79. The first-order chi connectivity index (χ1) is 13.2. The maximum absolute atomic E-state index is 6.32. The van der Waals surface area contributed by atoms with Crippen LogP contribution in [-0.2, 0) is 0 Å². The van der Waals surface area contributed by atoms with Gasteiger partial charge in [0.1, 0.15) is 5.82 Å². The molecule has 27 heavy (non-hydrogen) atoms. The van der Waals surface area contributed by atoms with Gasteiger partial charge in [0, 0.05) is 17.1 Å². The van der Waals surface area contributed by atoms with Crippen LogP contribution >= 0.6 is 0 Å². The topological polar surface area (TPSA) is 69.6 Å². The van der Waals surface area contributed by atoms with Gasteiger partial charge in [0.15, 0.2) is 5.65 Å². The highest BCUT2D eigenvalue weighted by Gasteiger charge is 2.16. The van der Waals surface area contributed by atoms with E-state index in [1.807, 2.05) is 78.5 Å². The Morgan fingerprint density at radius 2 is 1.63 bits per heavy atom. The van der Waals surface area contributed by atoms with Crippen molar-refractivity contribution >= 4 is 27.8 Å². The quantitative estimate of drug-likeness (QED) is 0.507. The SMILES string of the molecule is Cc1nn(-c2ccccc2)c2ncc3cc(-c4ccccc4)c(N)nc3c12. The van der Waals surface area contributed by atoms with Crippen LogP contribution in [0.5, 0.6) is 0 Å². The van der Waals surface area contributed by atoms with E-state index in [1.54, 1.807) is 0 Å². The molecule has 0 aliphatic carbocycles. The molecular weight excluding hydrogens is 334 g/mol. The number of fused-ring (bicyclic) bond motifs is 3. The summed E-state index contributed by atoms with van der Waals surface area (Å²) in [5.41, 5.74) is 11.7. The zero-order valence-electron chi connectivity index (χ0n) is 14.8. The number of rotatable bonds is 2. The van der Waals surface area contributed by atoms with Crippen LogP contribution in [0.15, 0.2) is 72.9 Å². The fourth-order valence-corrected chi connectivity index (χ4v) is 3.48. The minimum absolute atomic E-state index is 0.507. The number of nitrogen functional groups attached to an aromatic ring is 1. The number of hydrogen-bond acceptors (Lipinski definition) is 4. The molecular formula is C22H17N5. The number of pyridine rings is 2. The number of benzene rings is 2. The summed E-state index contributed by atoms with van der Waals surface area (Å²) in [4.78, 5) is 9.42. The molecule has 0 aliphatic heterocycles. The minimum Gasteiger partial charge on any atom is -0.383 e. The van der Waals surface area contributed by atoms with Crippen LogP contribution in [0.25, 0.3) is 38.8 Å². The molecule has 0 radical (unpaired) electrons. The Hall–Kier alpha value is -3.73. The lowest BCUT2D eigenvalue weighted by Crippen LogP contribution is -1.98. The molecule has 0 aliphatic rings. The van der Waals surface area contributed by atoms with Crippen molar-refractivity contribution in [1.29, 1.82) is 0 Å². The summed E-state index contributed by atoms with van der Waals surface area (Å²) in [6.45, 7) is 1.98. The van der Waals surface area contributed by atoms with Crippen molar-refractivity contribution < 1.29 is 0 Å². The molecule has 0 bridgehead atoms. The Kier molecular flexibility index (Phi) is 3.40. The molecule has 2 aromatic carbocycles. The molecule has 0 unspecified atom stereocenters. The van der Waals surface area contributed by atoms with E-state index in [2.05, 4.69) is 6.07 Å². The van der Waals surface area contributed by atoms with Gasteiger partial charge in [-0.1, -0.05) is 48.5 Å². The normalized spacial score (nSPS) is 11.3. The van der Waals surface area contributed by atoms with Crippen LogP contribution in [0.4, 0.5) is 5.82 Å². The third-order valence-corrected chi connectivity index (χ3v) is 4.77. The second kappa shape index (κ2) is 5.92. The molecule has 0 spiro atoms. The molecule has 2 N–H and O–H groups in total. The summed E-state index contributed by atoms with van der Waals surface area (Å²) in [5.74, 6) is 0.507. The molecule has 5 heteroatoms. The molecule has 0 saturated heterocycles.